The summed E-state index contributed by atoms with van der Waals surface area (Å²) in [6, 6.07) is 22.0. The van der Waals surface area contributed by atoms with E-state index in [2.05, 4.69) is 10.1 Å². The number of carbonyl (C=O) groups excluding carboxylic acids is 2. The van der Waals surface area contributed by atoms with Crippen LogP contribution in [0, 0.1) is 0 Å². The van der Waals surface area contributed by atoms with Gasteiger partial charge in [0.05, 0.1) is 5.69 Å². The Hall–Kier alpha value is -4.26. The SMILES string of the molecule is CN(C)C(=O)[C@@H](OC(=O)c1cn(-c2ccccc2)nc1-c1cccnc1)c1ccccc1. The third kappa shape index (κ3) is 4.41. The van der Waals surface area contributed by atoms with E-state index in [1.54, 1.807) is 67.7 Å². The van der Waals surface area contributed by atoms with Crippen LogP contribution in [0.15, 0.2) is 91.4 Å². The van der Waals surface area contributed by atoms with Gasteiger partial charge in [-0.2, -0.15) is 5.10 Å². The van der Waals surface area contributed by atoms with Gasteiger partial charge in [0.15, 0.2) is 0 Å². The summed E-state index contributed by atoms with van der Waals surface area (Å²) >= 11 is 0. The fraction of sp³-hybridized carbons (Fsp3) is 0.120. The maximum Gasteiger partial charge on any atom is 0.343 e. The summed E-state index contributed by atoms with van der Waals surface area (Å²) in [5, 5.41) is 4.61. The van der Waals surface area contributed by atoms with Crippen molar-refractivity contribution in [3.8, 4) is 16.9 Å². The van der Waals surface area contributed by atoms with Crippen LogP contribution in [-0.2, 0) is 9.53 Å². The highest BCUT2D eigenvalue weighted by atomic mass is 16.5. The topological polar surface area (TPSA) is 77.3 Å². The second-order valence-corrected chi connectivity index (χ2v) is 7.34. The summed E-state index contributed by atoms with van der Waals surface area (Å²) in [5.74, 6) is -0.974. The molecule has 4 aromatic rings. The number of amides is 1. The van der Waals surface area contributed by atoms with Crippen LogP contribution in [0.2, 0.25) is 0 Å². The quantitative estimate of drug-likeness (QED) is 0.437. The smallest absolute Gasteiger partial charge is 0.343 e. The zero-order chi connectivity index (χ0) is 22.5. The molecule has 0 saturated heterocycles. The van der Waals surface area contributed by atoms with Gasteiger partial charge in [0, 0.05) is 43.8 Å². The monoisotopic (exact) mass is 426 g/mol. The molecule has 1 atom stereocenters. The highest BCUT2D eigenvalue weighted by Crippen LogP contribution is 2.27. The minimum atomic E-state index is -1.07. The van der Waals surface area contributed by atoms with Crippen molar-refractivity contribution >= 4 is 11.9 Å². The molecule has 4 rings (SSSR count). The number of ether oxygens (including phenoxy) is 1. The van der Waals surface area contributed by atoms with Crippen LogP contribution in [-0.4, -0.2) is 45.6 Å². The Morgan fingerprint density at radius 1 is 0.938 bits per heavy atom. The first-order valence-electron chi connectivity index (χ1n) is 10.1. The number of nitrogens with zero attached hydrogens (tertiary/aromatic N) is 4. The molecular formula is C25H22N4O3. The molecule has 32 heavy (non-hydrogen) atoms. The summed E-state index contributed by atoms with van der Waals surface area (Å²) < 4.78 is 7.37. The molecule has 0 spiro atoms. The molecule has 2 heterocycles. The average molecular weight is 426 g/mol. The fourth-order valence-electron chi connectivity index (χ4n) is 3.25. The van der Waals surface area contributed by atoms with Crippen molar-refractivity contribution < 1.29 is 14.3 Å². The Bertz CT molecular complexity index is 1210. The van der Waals surface area contributed by atoms with E-state index in [-0.39, 0.29) is 11.5 Å². The van der Waals surface area contributed by atoms with E-state index in [1.807, 2.05) is 42.5 Å². The van der Waals surface area contributed by atoms with E-state index in [9.17, 15) is 9.59 Å². The van der Waals surface area contributed by atoms with Gasteiger partial charge < -0.3 is 9.64 Å². The van der Waals surface area contributed by atoms with E-state index in [1.165, 1.54) is 4.90 Å². The Labute approximate surface area is 185 Å². The Morgan fingerprint density at radius 3 is 2.25 bits per heavy atom. The summed E-state index contributed by atoms with van der Waals surface area (Å²) in [7, 11) is 3.25. The van der Waals surface area contributed by atoms with Gasteiger partial charge in [0.2, 0.25) is 6.10 Å². The number of carbonyl (C=O) groups is 2. The summed E-state index contributed by atoms with van der Waals surface area (Å²) in [6.07, 6.45) is 3.83. The second-order valence-electron chi connectivity index (χ2n) is 7.34. The number of para-hydroxylation sites is 1. The number of pyridine rings is 1. The van der Waals surface area contributed by atoms with E-state index in [0.717, 1.165) is 5.69 Å². The third-order valence-electron chi connectivity index (χ3n) is 4.88. The molecule has 2 aromatic carbocycles. The lowest BCUT2D eigenvalue weighted by Crippen LogP contribution is -2.31. The van der Waals surface area contributed by atoms with Crippen molar-refractivity contribution in [1.82, 2.24) is 19.7 Å². The van der Waals surface area contributed by atoms with Crippen molar-refractivity contribution in [2.75, 3.05) is 14.1 Å². The zero-order valence-corrected chi connectivity index (χ0v) is 17.8. The minimum Gasteiger partial charge on any atom is -0.444 e. The highest BCUT2D eigenvalue weighted by Gasteiger charge is 2.29. The first-order chi connectivity index (χ1) is 15.5. The molecule has 0 aliphatic carbocycles. The third-order valence-corrected chi connectivity index (χ3v) is 4.88. The van der Waals surface area contributed by atoms with Crippen molar-refractivity contribution in [2.24, 2.45) is 0 Å². The van der Waals surface area contributed by atoms with Crippen LogP contribution >= 0.6 is 0 Å². The van der Waals surface area contributed by atoms with Gasteiger partial charge in [-0.05, 0) is 24.3 Å². The summed E-state index contributed by atoms with van der Waals surface area (Å²) in [6.45, 7) is 0. The van der Waals surface area contributed by atoms with Crippen molar-refractivity contribution in [1.29, 1.82) is 0 Å². The average Bonchev–Trinajstić information content (AvgIpc) is 3.29. The molecule has 0 fully saturated rings. The van der Waals surface area contributed by atoms with Gasteiger partial charge in [-0.1, -0.05) is 48.5 Å². The number of hydrogen-bond donors (Lipinski definition) is 0. The standard InChI is InChI=1S/C25H22N4O3/c1-28(2)24(30)23(18-10-5-3-6-11-18)32-25(31)21-17-29(20-13-7-4-8-14-20)27-22(21)19-12-9-15-26-16-19/h3-17,23H,1-2H3/t23-/m0/s1. The summed E-state index contributed by atoms with van der Waals surface area (Å²) in [5.41, 5.74) is 2.73. The Kier molecular flexibility index (Phi) is 6.07. The molecule has 1 amide bonds. The number of rotatable bonds is 6. The molecular weight excluding hydrogens is 404 g/mol. The molecule has 0 radical (unpaired) electrons. The normalized spacial score (nSPS) is 11.6. The van der Waals surface area contributed by atoms with Gasteiger partial charge in [-0.15, -0.1) is 0 Å². The van der Waals surface area contributed by atoms with Crippen LogP contribution in [0.3, 0.4) is 0 Å². The number of esters is 1. The fourth-order valence-corrected chi connectivity index (χ4v) is 3.25. The molecule has 0 aliphatic rings. The predicted molar refractivity (Wildman–Crippen MR) is 120 cm³/mol. The molecule has 0 unspecified atom stereocenters. The molecule has 0 aliphatic heterocycles. The van der Waals surface area contributed by atoms with Crippen LogP contribution < -0.4 is 0 Å². The summed E-state index contributed by atoms with van der Waals surface area (Å²) in [4.78, 5) is 31.7. The Morgan fingerprint density at radius 2 is 1.62 bits per heavy atom. The molecule has 0 N–H and O–H groups in total. The van der Waals surface area contributed by atoms with Gasteiger partial charge in [0.25, 0.3) is 5.91 Å². The predicted octanol–water partition coefficient (Wildman–Crippen LogP) is 3.92. The number of benzene rings is 2. The van der Waals surface area contributed by atoms with Crippen molar-refractivity contribution in [3.63, 3.8) is 0 Å². The van der Waals surface area contributed by atoms with Crippen LogP contribution in [0.1, 0.15) is 22.0 Å². The molecule has 0 saturated carbocycles. The maximum absolute atomic E-state index is 13.3. The number of hydrogen-bond acceptors (Lipinski definition) is 5. The minimum absolute atomic E-state index is 0.245. The molecule has 0 bridgehead atoms. The van der Waals surface area contributed by atoms with E-state index >= 15 is 0 Å². The van der Waals surface area contributed by atoms with Crippen LogP contribution in [0.4, 0.5) is 0 Å². The van der Waals surface area contributed by atoms with Gasteiger partial charge in [0.1, 0.15) is 11.3 Å². The van der Waals surface area contributed by atoms with Crippen molar-refractivity contribution in [3.05, 3.63) is 103 Å². The second kappa shape index (κ2) is 9.26. The first-order valence-corrected chi connectivity index (χ1v) is 10.1. The molecule has 160 valence electrons. The van der Waals surface area contributed by atoms with Crippen molar-refractivity contribution in [2.45, 2.75) is 6.10 Å². The highest BCUT2D eigenvalue weighted by molar-refractivity contribution is 5.97. The van der Waals surface area contributed by atoms with Gasteiger partial charge in [-0.25, -0.2) is 9.48 Å². The largest absolute Gasteiger partial charge is 0.444 e. The van der Waals surface area contributed by atoms with E-state index in [4.69, 9.17) is 4.74 Å². The van der Waals surface area contributed by atoms with E-state index in [0.29, 0.717) is 16.8 Å². The van der Waals surface area contributed by atoms with Gasteiger partial charge in [-0.3, -0.25) is 9.78 Å². The molecule has 2 aromatic heterocycles. The number of likely N-dealkylation sites (N-methyl/N-ethyl adjacent to an activating group) is 1. The lowest BCUT2D eigenvalue weighted by atomic mass is 10.1. The van der Waals surface area contributed by atoms with Gasteiger partial charge >= 0.3 is 5.97 Å². The molecule has 7 nitrogen and oxygen atoms in total. The lowest BCUT2D eigenvalue weighted by molar-refractivity contribution is -0.138. The van der Waals surface area contributed by atoms with Crippen LogP contribution in [0.25, 0.3) is 16.9 Å². The zero-order valence-electron chi connectivity index (χ0n) is 17.8. The van der Waals surface area contributed by atoms with Crippen LogP contribution in [0.5, 0.6) is 0 Å². The maximum atomic E-state index is 13.3. The first kappa shape index (κ1) is 21.0. The Balaban J connectivity index is 1.75. The van der Waals surface area contributed by atoms with E-state index < -0.39 is 12.1 Å². The molecule has 7 heteroatoms. The lowest BCUT2D eigenvalue weighted by Gasteiger charge is -2.21. The number of aromatic nitrogens is 3.